The highest BCUT2D eigenvalue weighted by atomic mass is 32.2. The SMILES string of the molecule is Cc1noc(C)c1S(=O)(=O)N1CCCC(C(=O)N2CCN(CC(=O)NC(C)C)CC2)C1. The summed E-state index contributed by atoms with van der Waals surface area (Å²) in [5, 5.41) is 6.64. The van der Waals surface area contributed by atoms with Gasteiger partial charge in [-0.15, -0.1) is 0 Å². The monoisotopic (exact) mass is 455 g/mol. The molecule has 2 aliphatic heterocycles. The molecule has 2 saturated heterocycles. The van der Waals surface area contributed by atoms with E-state index in [1.165, 1.54) is 4.31 Å². The summed E-state index contributed by atoms with van der Waals surface area (Å²) in [7, 11) is -3.76. The van der Waals surface area contributed by atoms with Crippen molar-refractivity contribution in [3.63, 3.8) is 0 Å². The van der Waals surface area contributed by atoms with E-state index >= 15 is 0 Å². The molecule has 1 unspecified atom stereocenters. The van der Waals surface area contributed by atoms with E-state index in [-0.39, 0.29) is 41.0 Å². The van der Waals surface area contributed by atoms with E-state index in [0.717, 1.165) is 0 Å². The third-order valence-corrected chi connectivity index (χ3v) is 7.91. The molecule has 0 saturated carbocycles. The van der Waals surface area contributed by atoms with Gasteiger partial charge in [-0.3, -0.25) is 14.5 Å². The molecule has 1 aromatic heterocycles. The van der Waals surface area contributed by atoms with Crippen LogP contribution in [0.2, 0.25) is 0 Å². The van der Waals surface area contributed by atoms with Gasteiger partial charge in [0.05, 0.1) is 12.5 Å². The second-order valence-corrected chi connectivity index (χ2v) is 10.6. The van der Waals surface area contributed by atoms with Gasteiger partial charge in [0.2, 0.25) is 21.8 Å². The maximum atomic E-state index is 13.1. The lowest BCUT2D eigenvalue weighted by Crippen LogP contribution is -2.54. The second-order valence-electron chi connectivity index (χ2n) is 8.68. The Kier molecular flexibility index (Phi) is 7.38. The minimum Gasteiger partial charge on any atom is -0.360 e. The third-order valence-electron chi connectivity index (χ3n) is 5.80. The Hall–Kier alpha value is -1.98. The van der Waals surface area contributed by atoms with E-state index in [2.05, 4.69) is 10.5 Å². The Morgan fingerprint density at radius 3 is 2.42 bits per heavy atom. The van der Waals surface area contributed by atoms with Crippen LogP contribution in [0.5, 0.6) is 0 Å². The highest BCUT2D eigenvalue weighted by Crippen LogP contribution is 2.28. The van der Waals surface area contributed by atoms with Gasteiger partial charge < -0.3 is 14.7 Å². The highest BCUT2D eigenvalue weighted by Gasteiger charge is 2.38. The first kappa shape index (κ1) is 23.7. The van der Waals surface area contributed by atoms with Gasteiger partial charge in [0.1, 0.15) is 10.6 Å². The fourth-order valence-corrected chi connectivity index (χ4v) is 6.10. The molecule has 10 nitrogen and oxygen atoms in total. The van der Waals surface area contributed by atoms with Crippen molar-refractivity contribution in [3.8, 4) is 0 Å². The van der Waals surface area contributed by atoms with Crippen LogP contribution in [0.4, 0.5) is 0 Å². The van der Waals surface area contributed by atoms with Crippen molar-refractivity contribution >= 4 is 21.8 Å². The molecule has 2 fully saturated rings. The number of aryl methyl sites for hydroxylation is 2. The summed E-state index contributed by atoms with van der Waals surface area (Å²) in [5.41, 5.74) is 0.337. The molecule has 174 valence electrons. The second kappa shape index (κ2) is 9.66. The van der Waals surface area contributed by atoms with Crippen molar-refractivity contribution in [1.82, 2.24) is 24.6 Å². The fraction of sp³-hybridized carbons (Fsp3) is 0.750. The van der Waals surface area contributed by atoms with E-state index in [4.69, 9.17) is 4.52 Å². The summed E-state index contributed by atoms with van der Waals surface area (Å²) >= 11 is 0. The van der Waals surface area contributed by atoms with Crippen LogP contribution in [0.15, 0.2) is 9.42 Å². The van der Waals surface area contributed by atoms with Gasteiger partial charge in [-0.05, 0) is 40.5 Å². The largest absolute Gasteiger partial charge is 0.360 e. The molecule has 3 rings (SSSR count). The molecule has 0 aromatic carbocycles. The average molecular weight is 456 g/mol. The van der Waals surface area contributed by atoms with E-state index < -0.39 is 10.0 Å². The zero-order chi connectivity index (χ0) is 22.8. The summed E-state index contributed by atoms with van der Waals surface area (Å²) < 4.78 is 32.6. The summed E-state index contributed by atoms with van der Waals surface area (Å²) in [6, 6.07) is 0.103. The van der Waals surface area contributed by atoms with Crippen molar-refractivity contribution in [3.05, 3.63) is 11.5 Å². The molecule has 3 heterocycles. The number of amides is 2. The highest BCUT2D eigenvalue weighted by molar-refractivity contribution is 7.89. The number of piperazine rings is 1. The first-order chi connectivity index (χ1) is 14.6. The Morgan fingerprint density at radius 2 is 1.84 bits per heavy atom. The first-order valence-corrected chi connectivity index (χ1v) is 12.3. The lowest BCUT2D eigenvalue weighted by atomic mass is 9.98. The Morgan fingerprint density at radius 1 is 1.16 bits per heavy atom. The topological polar surface area (TPSA) is 116 Å². The number of hydrogen-bond donors (Lipinski definition) is 1. The number of nitrogens with zero attached hydrogens (tertiary/aromatic N) is 4. The number of nitrogens with one attached hydrogen (secondary N) is 1. The van der Waals surface area contributed by atoms with E-state index in [1.807, 2.05) is 18.7 Å². The molecule has 2 amide bonds. The molecule has 0 aliphatic carbocycles. The van der Waals surface area contributed by atoms with Gasteiger partial charge in [-0.2, -0.15) is 4.31 Å². The predicted octanol–water partition coefficient (Wildman–Crippen LogP) is 0.361. The molecule has 2 aliphatic rings. The summed E-state index contributed by atoms with van der Waals surface area (Å²) in [4.78, 5) is 29.0. The zero-order valence-corrected chi connectivity index (χ0v) is 19.6. The maximum absolute atomic E-state index is 13.1. The Balaban J connectivity index is 1.58. The number of sulfonamides is 1. The van der Waals surface area contributed by atoms with Gasteiger partial charge in [0, 0.05) is 45.3 Å². The Bertz CT molecular complexity index is 886. The smallest absolute Gasteiger partial charge is 0.248 e. The molecule has 1 aromatic rings. The average Bonchev–Trinajstić information content (AvgIpc) is 3.06. The molecule has 1 atom stereocenters. The maximum Gasteiger partial charge on any atom is 0.248 e. The zero-order valence-electron chi connectivity index (χ0n) is 18.8. The minimum atomic E-state index is -3.76. The number of carbonyl (C=O) groups excluding carboxylic acids is 2. The van der Waals surface area contributed by atoms with E-state index in [1.54, 1.807) is 18.7 Å². The number of rotatable bonds is 6. The molecule has 0 radical (unpaired) electrons. The van der Waals surface area contributed by atoms with Gasteiger partial charge in [0.15, 0.2) is 5.76 Å². The Labute approximate surface area is 184 Å². The summed E-state index contributed by atoms with van der Waals surface area (Å²) in [6.07, 6.45) is 1.30. The molecule has 1 N–H and O–H groups in total. The lowest BCUT2D eigenvalue weighted by Gasteiger charge is -2.38. The first-order valence-electron chi connectivity index (χ1n) is 10.8. The summed E-state index contributed by atoms with van der Waals surface area (Å²) in [5.74, 6) is -0.115. The van der Waals surface area contributed by atoms with Crippen molar-refractivity contribution in [2.75, 3.05) is 45.8 Å². The number of carbonyl (C=O) groups is 2. The molecular weight excluding hydrogens is 422 g/mol. The van der Waals surface area contributed by atoms with Crippen LogP contribution in [0, 0.1) is 19.8 Å². The normalized spacial score (nSPS) is 21.5. The minimum absolute atomic E-state index is 0.00931. The summed E-state index contributed by atoms with van der Waals surface area (Å²) in [6.45, 7) is 10.3. The molecule has 0 spiro atoms. The number of piperidine rings is 1. The van der Waals surface area contributed by atoms with Gasteiger partial charge >= 0.3 is 0 Å². The lowest BCUT2D eigenvalue weighted by molar-refractivity contribution is -0.138. The third kappa shape index (κ3) is 5.45. The van der Waals surface area contributed by atoms with Crippen LogP contribution in [-0.4, -0.2) is 91.3 Å². The van der Waals surface area contributed by atoms with E-state index in [9.17, 15) is 18.0 Å². The van der Waals surface area contributed by atoms with Crippen LogP contribution >= 0.6 is 0 Å². The van der Waals surface area contributed by atoms with Crippen molar-refractivity contribution in [1.29, 1.82) is 0 Å². The van der Waals surface area contributed by atoms with Crippen molar-refractivity contribution in [2.24, 2.45) is 5.92 Å². The predicted molar refractivity (Wildman–Crippen MR) is 114 cm³/mol. The van der Waals surface area contributed by atoms with Crippen LogP contribution in [0.1, 0.15) is 38.1 Å². The quantitative estimate of drug-likeness (QED) is 0.658. The molecule has 0 bridgehead atoms. The van der Waals surface area contributed by atoms with Gasteiger partial charge in [-0.1, -0.05) is 5.16 Å². The van der Waals surface area contributed by atoms with Gasteiger partial charge in [0.25, 0.3) is 0 Å². The van der Waals surface area contributed by atoms with Crippen LogP contribution in [0.3, 0.4) is 0 Å². The fourth-order valence-electron chi connectivity index (χ4n) is 4.29. The van der Waals surface area contributed by atoms with E-state index in [0.29, 0.717) is 57.8 Å². The van der Waals surface area contributed by atoms with Crippen molar-refractivity contribution < 1.29 is 22.5 Å². The van der Waals surface area contributed by atoms with Crippen LogP contribution in [0.25, 0.3) is 0 Å². The molecule has 11 heteroatoms. The van der Waals surface area contributed by atoms with Gasteiger partial charge in [-0.25, -0.2) is 8.42 Å². The molecular formula is C20H33N5O5S. The van der Waals surface area contributed by atoms with Crippen molar-refractivity contribution in [2.45, 2.75) is 51.5 Å². The standard InChI is InChI=1S/C20H33N5O5S/c1-14(2)21-18(26)13-23-8-10-24(11-9-23)20(27)17-6-5-7-25(12-17)31(28,29)19-15(3)22-30-16(19)4/h14,17H,5-13H2,1-4H3,(H,21,26). The number of aromatic nitrogens is 1. The van der Waals surface area contributed by atoms with Crippen LogP contribution < -0.4 is 5.32 Å². The molecule has 31 heavy (non-hydrogen) atoms. The van der Waals surface area contributed by atoms with Crippen LogP contribution in [-0.2, 0) is 19.6 Å². The number of hydrogen-bond acceptors (Lipinski definition) is 7.